The molecule has 0 fully saturated rings. The lowest BCUT2D eigenvalue weighted by atomic mass is 9.78. The molecule has 1 aliphatic heterocycles. The van der Waals surface area contributed by atoms with Crippen LogP contribution in [0.3, 0.4) is 0 Å². The molecular formula is C23H24N4O2S. The van der Waals surface area contributed by atoms with E-state index in [0.29, 0.717) is 5.75 Å². The number of nitrogens with zero attached hydrogens (tertiary/aromatic N) is 3. The Morgan fingerprint density at radius 1 is 1.07 bits per heavy atom. The minimum absolute atomic E-state index is 0.0233. The number of allylic oxidation sites excluding steroid dienone is 2. The van der Waals surface area contributed by atoms with E-state index < -0.39 is 12.0 Å². The molecular weight excluding hydrogens is 396 g/mol. The maximum Gasteiger partial charge on any atom is 0.329 e. The Labute approximate surface area is 180 Å². The van der Waals surface area contributed by atoms with Crippen molar-refractivity contribution in [2.45, 2.75) is 32.7 Å². The third-order valence-corrected chi connectivity index (χ3v) is 6.27. The molecule has 0 saturated carbocycles. The van der Waals surface area contributed by atoms with Crippen molar-refractivity contribution in [3.05, 3.63) is 65.2 Å². The van der Waals surface area contributed by atoms with Crippen molar-refractivity contribution < 1.29 is 9.90 Å². The van der Waals surface area contributed by atoms with Gasteiger partial charge in [-0.25, -0.2) is 4.79 Å². The van der Waals surface area contributed by atoms with Gasteiger partial charge in [-0.05, 0) is 54.7 Å². The van der Waals surface area contributed by atoms with E-state index >= 15 is 0 Å². The number of rotatable bonds is 5. The predicted molar refractivity (Wildman–Crippen MR) is 122 cm³/mol. The first-order chi connectivity index (χ1) is 14.4. The van der Waals surface area contributed by atoms with Gasteiger partial charge in [-0.2, -0.15) is 10.2 Å². The standard InChI is InChI=1S/C23H24N4O2S/c1-23(2)12-18(21-19(13-23)25-20(14-30-21)22(28)29)24-15-8-10-17(11-9-15)27-26-16-6-4-3-5-7-16/h3-11,20,24H,12-14H2,1-2H3,(H,28,29). The van der Waals surface area contributed by atoms with E-state index in [4.69, 9.17) is 0 Å². The Bertz CT molecular complexity index is 1030. The van der Waals surface area contributed by atoms with Crippen LogP contribution in [0.2, 0.25) is 0 Å². The number of anilines is 1. The van der Waals surface area contributed by atoms with Gasteiger partial charge < -0.3 is 10.4 Å². The van der Waals surface area contributed by atoms with Crippen LogP contribution in [-0.4, -0.2) is 28.6 Å². The van der Waals surface area contributed by atoms with Crippen molar-refractivity contribution >= 4 is 40.5 Å². The quantitative estimate of drug-likeness (QED) is 0.565. The second-order valence-corrected chi connectivity index (χ2v) is 9.30. The molecule has 0 spiro atoms. The van der Waals surface area contributed by atoms with Gasteiger partial charge in [-0.3, -0.25) is 4.99 Å². The van der Waals surface area contributed by atoms with Crippen molar-refractivity contribution in [1.82, 2.24) is 0 Å². The van der Waals surface area contributed by atoms with Gasteiger partial charge in [-0.15, -0.1) is 11.8 Å². The zero-order valence-corrected chi connectivity index (χ0v) is 17.8. The van der Waals surface area contributed by atoms with E-state index in [-0.39, 0.29) is 5.41 Å². The molecule has 6 nitrogen and oxygen atoms in total. The summed E-state index contributed by atoms with van der Waals surface area (Å²) in [5, 5.41) is 21.4. The van der Waals surface area contributed by atoms with Crippen molar-refractivity contribution in [3.63, 3.8) is 0 Å². The summed E-state index contributed by atoms with van der Waals surface area (Å²) >= 11 is 1.59. The lowest BCUT2D eigenvalue weighted by Crippen LogP contribution is -2.34. The number of aliphatic imine (C=N–C) groups is 1. The van der Waals surface area contributed by atoms with Gasteiger partial charge >= 0.3 is 5.97 Å². The highest BCUT2D eigenvalue weighted by Crippen LogP contribution is 2.43. The molecule has 0 saturated heterocycles. The first kappa shape index (κ1) is 20.3. The molecule has 0 amide bonds. The van der Waals surface area contributed by atoms with Crippen LogP contribution in [0.4, 0.5) is 17.1 Å². The summed E-state index contributed by atoms with van der Waals surface area (Å²) in [4.78, 5) is 17.0. The number of thioether (sulfide) groups is 1. The minimum Gasteiger partial charge on any atom is -0.480 e. The number of carboxylic acids is 1. The summed E-state index contributed by atoms with van der Waals surface area (Å²) in [5.74, 6) is -0.384. The number of carbonyl (C=O) groups is 1. The number of hydrogen-bond donors (Lipinski definition) is 2. The molecule has 4 rings (SSSR count). The highest BCUT2D eigenvalue weighted by Gasteiger charge is 2.36. The third-order valence-electron chi connectivity index (χ3n) is 5.02. The highest BCUT2D eigenvalue weighted by molar-refractivity contribution is 8.04. The van der Waals surface area contributed by atoms with Crippen LogP contribution in [0.1, 0.15) is 26.7 Å². The molecule has 0 radical (unpaired) electrons. The summed E-state index contributed by atoms with van der Waals surface area (Å²) in [5.41, 5.74) is 4.61. The van der Waals surface area contributed by atoms with E-state index in [1.54, 1.807) is 11.8 Å². The topological polar surface area (TPSA) is 86.4 Å². The first-order valence-corrected chi connectivity index (χ1v) is 10.9. The van der Waals surface area contributed by atoms with Crippen LogP contribution >= 0.6 is 11.8 Å². The summed E-state index contributed by atoms with van der Waals surface area (Å²) in [6, 6.07) is 16.8. The van der Waals surface area contributed by atoms with Crippen molar-refractivity contribution in [3.8, 4) is 0 Å². The van der Waals surface area contributed by atoms with E-state index in [0.717, 1.165) is 46.2 Å². The molecule has 2 aromatic carbocycles. The smallest absolute Gasteiger partial charge is 0.329 e. The lowest BCUT2D eigenvalue weighted by Gasteiger charge is -2.36. The average Bonchev–Trinajstić information content (AvgIpc) is 2.72. The number of benzene rings is 2. The Hall–Kier alpha value is -2.93. The van der Waals surface area contributed by atoms with E-state index in [1.165, 1.54) is 0 Å². The molecule has 7 heteroatoms. The second-order valence-electron chi connectivity index (χ2n) is 8.27. The molecule has 0 bridgehead atoms. The molecule has 154 valence electrons. The Morgan fingerprint density at radius 2 is 1.73 bits per heavy atom. The van der Waals surface area contributed by atoms with Gasteiger partial charge in [0.15, 0.2) is 6.04 Å². The highest BCUT2D eigenvalue weighted by atomic mass is 32.2. The summed E-state index contributed by atoms with van der Waals surface area (Å²) in [6.45, 7) is 4.38. The van der Waals surface area contributed by atoms with Crippen LogP contribution < -0.4 is 5.32 Å². The molecule has 1 aliphatic carbocycles. The van der Waals surface area contributed by atoms with Crippen LogP contribution in [0.25, 0.3) is 0 Å². The van der Waals surface area contributed by atoms with Crippen molar-refractivity contribution in [2.75, 3.05) is 11.1 Å². The van der Waals surface area contributed by atoms with Crippen molar-refractivity contribution in [2.24, 2.45) is 20.6 Å². The molecule has 1 heterocycles. The maximum atomic E-state index is 11.4. The second kappa shape index (κ2) is 8.44. The fraction of sp³-hybridized carbons (Fsp3) is 0.304. The fourth-order valence-corrected chi connectivity index (χ4v) is 4.75. The van der Waals surface area contributed by atoms with E-state index in [1.807, 2.05) is 54.6 Å². The SMILES string of the molecule is CC1(C)CC2=NC(C(=O)O)CSC2=C(Nc2ccc(N=Nc3ccccc3)cc2)C1. The van der Waals surface area contributed by atoms with Crippen LogP contribution in [0, 0.1) is 5.41 Å². The number of hydrogen-bond acceptors (Lipinski definition) is 6. The van der Waals surface area contributed by atoms with Gasteiger partial charge in [-0.1, -0.05) is 32.0 Å². The number of nitrogens with one attached hydrogen (secondary N) is 1. The number of azo groups is 1. The normalized spacial score (nSPS) is 20.6. The van der Waals surface area contributed by atoms with Gasteiger partial charge in [0.1, 0.15) is 0 Å². The summed E-state index contributed by atoms with van der Waals surface area (Å²) in [7, 11) is 0. The number of carboxylic acid groups (broad SMARTS) is 1. The molecule has 2 N–H and O–H groups in total. The molecule has 2 aromatic rings. The lowest BCUT2D eigenvalue weighted by molar-refractivity contribution is -0.137. The zero-order chi connectivity index (χ0) is 21.1. The monoisotopic (exact) mass is 420 g/mol. The van der Waals surface area contributed by atoms with Crippen LogP contribution in [0.5, 0.6) is 0 Å². The van der Waals surface area contributed by atoms with Crippen LogP contribution in [0.15, 0.2) is 80.4 Å². The molecule has 30 heavy (non-hydrogen) atoms. The molecule has 1 atom stereocenters. The minimum atomic E-state index is -0.854. The Morgan fingerprint density at radius 3 is 2.40 bits per heavy atom. The fourth-order valence-electron chi connectivity index (χ4n) is 3.61. The Balaban J connectivity index is 1.53. The molecule has 0 aromatic heterocycles. The first-order valence-electron chi connectivity index (χ1n) is 9.89. The van der Waals surface area contributed by atoms with Gasteiger partial charge in [0.05, 0.1) is 17.1 Å². The van der Waals surface area contributed by atoms with Crippen LogP contribution in [-0.2, 0) is 4.79 Å². The third kappa shape index (κ3) is 4.79. The van der Waals surface area contributed by atoms with E-state index in [9.17, 15) is 9.90 Å². The molecule has 1 unspecified atom stereocenters. The predicted octanol–water partition coefficient (Wildman–Crippen LogP) is 6.19. The van der Waals surface area contributed by atoms with Gasteiger partial charge in [0.25, 0.3) is 0 Å². The average molecular weight is 421 g/mol. The number of fused-ring (bicyclic) bond motifs is 1. The summed E-state index contributed by atoms with van der Waals surface area (Å²) < 4.78 is 0. The largest absolute Gasteiger partial charge is 0.480 e. The zero-order valence-electron chi connectivity index (χ0n) is 17.0. The Kier molecular flexibility index (Phi) is 5.72. The summed E-state index contributed by atoms with van der Waals surface area (Å²) in [6.07, 6.45) is 1.69. The molecule has 2 aliphatic rings. The maximum absolute atomic E-state index is 11.4. The number of aliphatic carboxylic acids is 1. The van der Waals surface area contributed by atoms with E-state index in [2.05, 4.69) is 34.4 Å². The van der Waals surface area contributed by atoms with Gasteiger partial charge in [0.2, 0.25) is 0 Å². The van der Waals surface area contributed by atoms with Crippen molar-refractivity contribution in [1.29, 1.82) is 0 Å². The van der Waals surface area contributed by atoms with Gasteiger partial charge in [0, 0.05) is 22.0 Å².